The van der Waals surface area contributed by atoms with Crippen molar-refractivity contribution in [2.75, 3.05) is 18.5 Å². The van der Waals surface area contributed by atoms with E-state index in [1.54, 1.807) is 34.3 Å². The predicted octanol–water partition coefficient (Wildman–Crippen LogP) is 2.36. The topological polar surface area (TPSA) is 113 Å². The number of hydrogen-bond acceptors (Lipinski definition) is 9. The van der Waals surface area contributed by atoms with Crippen LogP contribution >= 0.6 is 22.7 Å². The van der Waals surface area contributed by atoms with Crippen molar-refractivity contribution in [3.05, 3.63) is 49.6 Å². The summed E-state index contributed by atoms with van der Waals surface area (Å²) in [7, 11) is 2.98. The summed E-state index contributed by atoms with van der Waals surface area (Å²) in [4.78, 5) is 47.6. The predicted molar refractivity (Wildman–Crippen MR) is 129 cm³/mol. The number of thiazole rings is 1. The van der Waals surface area contributed by atoms with Gasteiger partial charge in [-0.25, -0.2) is 14.8 Å². The number of rotatable bonds is 9. The molecule has 0 unspecified atom stereocenters. The van der Waals surface area contributed by atoms with E-state index in [-0.39, 0.29) is 25.5 Å². The van der Waals surface area contributed by atoms with Crippen LogP contribution in [0.4, 0.5) is 5.13 Å². The Hall–Kier alpha value is -3.25. The minimum absolute atomic E-state index is 0.111. The van der Waals surface area contributed by atoms with Crippen LogP contribution in [-0.4, -0.2) is 42.8 Å². The highest BCUT2D eigenvalue weighted by atomic mass is 32.1. The fourth-order valence-electron chi connectivity index (χ4n) is 3.36. The summed E-state index contributed by atoms with van der Waals surface area (Å²) in [5, 5.41) is 6.09. The first-order valence-electron chi connectivity index (χ1n) is 10.4. The van der Waals surface area contributed by atoms with Crippen molar-refractivity contribution >= 4 is 44.9 Å². The number of fused-ring (bicyclic) bond motifs is 1. The number of ether oxygens (including phenoxy) is 1. The second kappa shape index (κ2) is 9.71. The highest BCUT2D eigenvalue weighted by Gasteiger charge is 2.14. The quantitative estimate of drug-likeness (QED) is 0.284. The molecule has 0 aromatic carbocycles. The SMILES string of the molecule is Cc1ccc(-c2csc(NCCCC(=O)OCCn3cnc4c3c(=O)n(C)c(=O)n4C)n2)s1. The van der Waals surface area contributed by atoms with Crippen molar-refractivity contribution in [2.24, 2.45) is 14.1 Å². The molecular formula is C21H24N6O4S2. The second-order valence-electron chi connectivity index (χ2n) is 7.51. The molecule has 10 nitrogen and oxygen atoms in total. The molecule has 0 saturated heterocycles. The second-order valence-corrected chi connectivity index (χ2v) is 9.66. The first kappa shape index (κ1) is 22.9. The van der Waals surface area contributed by atoms with E-state index in [4.69, 9.17) is 4.74 Å². The van der Waals surface area contributed by atoms with Gasteiger partial charge in [-0.1, -0.05) is 0 Å². The number of aryl methyl sites for hydroxylation is 2. The monoisotopic (exact) mass is 488 g/mol. The van der Waals surface area contributed by atoms with Crippen LogP contribution < -0.4 is 16.6 Å². The lowest BCUT2D eigenvalue weighted by Crippen LogP contribution is -2.37. The molecule has 12 heteroatoms. The van der Waals surface area contributed by atoms with E-state index in [2.05, 4.69) is 34.3 Å². The molecule has 0 amide bonds. The van der Waals surface area contributed by atoms with E-state index in [9.17, 15) is 14.4 Å². The smallest absolute Gasteiger partial charge is 0.332 e. The lowest BCUT2D eigenvalue weighted by Gasteiger charge is -2.08. The Morgan fingerprint density at radius 1 is 1.21 bits per heavy atom. The lowest BCUT2D eigenvalue weighted by atomic mass is 10.3. The van der Waals surface area contributed by atoms with E-state index in [1.165, 1.54) is 22.8 Å². The van der Waals surface area contributed by atoms with Gasteiger partial charge in [-0.15, -0.1) is 22.7 Å². The van der Waals surface area contributed by atoms with Gasteiger partial charge in [0, 0.05) is 37.3 Å². The average Bonchev–Trinajstić information content (AvgIpc) is 3.53. The molecule has 174 valence electrons. The van der Waals surface area contributed by atoms with Crippen LogP contribution in [0.5, 0.6) is 0 Å². The highest BCUT2D eigenvalue weighted by Crippen LogP contribution is 2.30. The summed E-state index contributed by atoms with van der Waals surface area (Å²) in [6.45, 7) is 3.07. The standard InChI is InChI=1S/C21H24N6O4S2/c1-13-6-7-15(33-13)14-11-32-20(24-14)22-8-4-5-16(28)31-10-9-27-12-23-18-17(27)19(29)26(3)21(30)25(18)2/h6-7,11-12H,4-5,8-10H2,1-3H3,(H,22,24). The maximum Gasteiger partial charge on any atom is 0.332 e. The molecule has 0 fully saturated rings. The van der Waals surface area contributed by atoms with Gasteiger partial charge in [0.15, 0.2) is 16.3 Å². The molecule has 0 atom stereocenters. The Balaban J connectivity index is 1.22. The third kappa shape index (κ3) is 4.91. The van der Waals surface area contributed by atoms with E-state index in [0.29, 0.717) is 24.1 Å². The first-order chi connectivity index (χ1) is 15.8. The molecule has 33 heavy (non-hydrogen) atoms. The van der Waals surface area contributed by atoms with Crippen molar-refractivity contribution in [1.82, 2.24) is 23.7 Å². The van der Waals surface area contributed by atoms with Crippen molar-refractivity contribution < 1.29 is 9.53 Å². The fraction of sp³-hybridized carbons (Fsp3) is 0.381. The van der Waals surface area contributed by atoms with Crippen molar-refractivity contribution in [3.8, 4) is 10.6 Å². The molecule has 0 aliphatic carbocycles. The number of hydrogen-bond donors (Lipinski definition) is 1. The number of aromatic nitrogens is 5. The van der Waals surface area contributed by atoms with Gasteiger partial charge in [0.25, 0.3) is 5.56 Å². The Morgan fingerprint density at radius 3 is 2.79 bits per heavy atom. The van der Waals surface area contributed by atoms with Gasteiger partial charge in [0.1, 0.15) is 6.61 Å². The summed E-state index contributed by atoms with van der Waals surface area (Å²) < 4.78 is 9.25. The fourth-order valence-corrected chi connectivity index (χ4v) is 5.01. The van der Waals surface area contributed by atoms with Crippen molar-refractivity contribution in [3.63, 3.8) is 0 Å². The Kier molecular flexibility index (Phi) is 6.75. The summed E-state index contributed by atoms with van der Waals surface area (Å²) in [6, 6.07) is 4.15. The van der Waals surface area contributed by atoms with Crippen LogP contribution in [0.25, 0.3) is 21.7 Å². The number of carbonyl (C=O) groups excluding carboxylic acids is 1. The number of carbonyl (C=O) groups is 1. The van der Waals surface area contributed by atoms with Crippen LogP contribution in [0.1, 0.15) is 17.7 Å². The maximum atomic E-state index is 12.4. The van der Waals surface area contributed by atoms with E-state index in [1.807, 2.05) is 5.38 Å². The number of esters is 1. The molecular weight excluding hydrogens is 464 g/mol. The zero-order valence-electron chi connectivity index (χ0n) is 18.5. The largest absolute Gasteiger partial charge is 0.464 e. The van der Waals surface area contributed by atoms with Crippen molar-refractivity contribution in [1.29, 1.82) is 0 Å². The molecule has 0 aliphatic heterocycles. The third-order valence-corrected chi connectivity index (χ3v) is 6.97. The number of anilines is 1. The molecule has 0 aliphatic rings. The van der Waals surface area contributed by atoms with E-state index < -0.39 is 11.2 Å². The molecule has 4 rings (SSSR count). The summed E-state index contributed by atoms with van der Waals surface area (Å²) in [5.41, 5.74) is 0.707. The van der Waals surface area contributed by atoms with Crippen molar-refractivity contribution in [2.45, 2.75) is 26.3 Å². The zero-order valence-corrected chi connectivity index (χ0v) is 20.2. The zero-order chi connectivity index (χ0) is 23.5. The number of thiophene rings is 1. The molecule has 0 bridgehead atoms. The Bertz CT molecular complexity index is 1410. The Labute approximate surface area is 197 Å². The summed E-state index contributed by atoms with van der Waals surface area (Å²) in [6.07, 6.45) is 2.36. The minimum atomic E-state index is -0.437. The lowest BCUT2D eigenvalue weighted by molar-refractivity contribution is -0.143. The van der Waals surface area contributed by atoms with Crippen LogP contribution in [-0.2, 0) is 30.2 Å². The summed E-state index contributed by atoms with van der Waals surface area (Å²) in [5.74, 6) is -0.310. The Morgan fingerprint density at radius 2 is 2.03 bits per heavy atom. The number of nitrogens with zero attached hydrogens (tertiary/aromatic N) is 5. The molecule has 4 aromatic heterocycles. The van der Waals surface area contributed by atoms with Crippen LogP contribution in [0.3, 0.4) is 0 Å². The van der Waals surface area contributed by atoms with Crippen LogP contribution in [0.15, 0.2) is 33.4 Å². The molecule has 1 N–H and O–H groups in total. The van der Waals surface area contributed by atoms with Gasteiger partial charge < -0.3 is 14.6 Å². The molecule has 4 aromatic rings. The van der Waals surface area contributed by atoms with Gasteiger partial charge in [-0.05, 0) is 25.5 Å². The van der Waals surface area contributed by atoms with E-state index >= 15 is 0 Å². The van der Waals surface area contributed by atoms with Gasteiger partial charge in [-0.3, -0.25) is 18.7 Å². The molecule has 4 heterocycles. The molecule has 0 saturated carbocycles. The normalized spacial score (nSPS) is 11.2. The van der Waals surface area contributed by atoms with Gasteiger partial charge in [0.05, 0.1) is 23.4 Å². The molecule has 0 spiro atoms. The number of imidazole rings is 1. The minimum Gasteiger partial charge on any atom is -0.464 e. The average molecular weight is 489 g/mol. The van der Waals surface area contributed by atoms with Gasteiger partial charge in [0.2, 0.25) is 0 Å². The highest BCUT2D eigenvalue weighted by molar-refractivity contribution is 7.16. The third-order valence-electron chi connectivity index (χ3n) is 5.14. The van der Waals surface area contributed by atoms with Crippen LogP contribution in [0.2, 0.25) is 0 Å². The summed E-state index contributed by atoms with van der Waals surface area (Å²) >= 11 is 3.25. The first-order valence-corrected chi connectivity index (χ1v) is 12.1. The molecule has 0 radical (unpaired) electrons. The van der Waals surface area contributed by atoms with Crippen LogP contribution in [0, 0.1) is 6.92 Å². The maximum absolute atomic E-state index is 12.4. The van der Waals surface area contributed by atoms with Gasteiger partial charge in [-0.2, -0.15) is 0 Å². The van der Waals surface area contributed by atoms with Gasteiger partial charge >= 0.3 is 11.7 Å². The van der Waals surface area contributed by atoms with E-state index in [0.717, 1.165) is 20.3 Å². The number of nitrogens with one attached hydrogen (secondary N) is 1.